The summed E-state index contributed by atoms with van der Waals surface area (Å²) in [5.41, 5.74) is 1.20. The maximum absolute atomic E-state index is 12.4. The number of nitrogens with one attached hydrogen (secondary N) is 1. The Morgan fingerprint density at radius 2 is 2.04 bits per heavy atom. The molecule has 1 unspecified atom stereocenters. The van der Waals surface area contributed by atoms with Crippen molar-refractivity contribution in [1.82, 2.24) is 20.3 Å². The molecule has 0 saturated carbocycles. The molecule has 0 aromatic carbocycles. The molecule has 0 bridgehead atoms. The highest BCUT2D eigenvalue weighted by molar-refractivity contribution is 7.91. The molecule has 1 aliphatic rings. The number of nitrogens with zero attached hydrogens (tertiary/aromatic N) is 4. The minimum absolute atomic E-state index is 0.107. The van der Waals surface area contributed by atoms with E-state index in [1.165, 1.54) is 0 Å². The lowest BCUT2D eigenvalue weighted by molar-refractivity contribution is 0.0945. The number of aromatic nitrogens is 3. The fraction of sp³-hybridized carbons (Fsp3) is 0.412. The lowest BCUT2D eigenvalue weighted by Crippen LogP contribution is -2.34. The van der Waals surface area contributed by atoms with Gasteiger partial charge in [0.05, 0.1) is 11.5 Å². The van der Waals surface area contributed by atoms with Crippen LogP contribution in [0.4, 0.5) is 5.82 Å². The van der Waals surface area contributed by atoms with Gasteiger partial charge in [0.15, 0.2) is 9.84 Å². The molecule has 0 radical (unpaired) electrons. The van der Waals surface area contributed by atoms with Gasteiger partial charge < -0.3 is 10.2 Å². The van der Waals surface area contributed by atoms with Crippen LogP contribution >= 0.6 is 0 Å². The van der Waals surface area contributed by atoms with Gasteiger partial charge >= 0.3 is 0 Å². The van der Waals surface area contributed by atoms with Crippen molar-refractivity contribution in [2.45, 2.75) is 25.9 Å². The van der Waals surface area contributed by atoms with E-state index in [1.54, 1.807) is 32.4 Å². The summed E-state index contributed by atoms with van der Waals surface area (Å²) in [6.45, 7) is 2.08. The maximum atomic E-state index is 12.4. The number of anilines is 1. The Balaban J connectivity index is 1.73. The largest absolute Gasteiger partial charge is 0.356 e. The molecule has 8 nitrogen and oxygen atoms in total. The molecule has 2 aromatic rings. The van der Waals surface area contributed by atoms with E-state index < -0.39 is 9.84 Å². The summed E-state index contributed by atoms with van der Waals surface area (Å²) in [7, 11) is -1.20. The summed E-state index contributed by atoms with van der Waals surface area (Å²) in [5.74, 6) is 1.00. The van der Waals surface area contributed by atoms with Crippen LogP contribution in [-0.4, -0.2) is 53.9 Å². The molecule has 1 N–H and O–H groups in total. The highest BCUT2D eigenvalue weighted by atomic mass is 32.2. The van der Waals surface area contributed by atoms with Crippen LogP contribution in [0.15, 0.2) is 30.6 Å². The van der Waals surface area contributed by atoms with E-state index in [4.69, 9.17) is 0 Å². The van der Waals surface area contributed by atoms with E-state index in [0.29, 0.717) is 24.6 Å². The second-order valence-corrected chi connectivity index (χ2v) is 8.59. The molecule has 9 heteroatoms. The number of aryl methyl sites for hydroxylation is 1. The normalized spacial score (nSPS) is 18.5. The first-order valence-corrected chi connectivity index (χ1v) is 10.1. The summed E-state index contributed by atoms with van der Waals surface area (Å²) in [6, 6.07) is 5.11. The van der Waals surface area contributed by atoms with E-state index in [0.717, 1.165) is 5.56 Å². The fourth-order valence-electron chi connectivity index (χ4n) is 2.89. The Morgan fingerprint density at radius 3 is 2.69 bits per heavy atom. The number of carbonyl (C=O) groups is 1. The van der Waals surface area contributed by atoms with Gasteiger partial charge in [0.25, 0.3) is 5.91 Å². The number of amides is 1. The lowest BCUT2D eigenvalue weighted by Gasteiger charge is -2.25. The van der Waals surface area contributed by atoms with Crippen LogP contribution in [0.3, 0.4) is 0 Å². The van der Waals surface area contributed by atoms with E-state index in [2.05, 4.69) is 20.3 Å². The molecule has 3 heterocycles. The molecule has 1 saturated heterocycles. The molecule has 3 rings (SSSR count). The van der Waals surface area contributed by atoms with Crippen LogP contribution < -0.4 is 10.2 Å². The molecule has 26 heavy (non-hydrogen) atoms. The van der Waals surface area contributed by atoms with Gasteiger partial charge in [-0.15, -0.1) is 0 Å². The number of pyridine rings is 1. The zero-order valence-corrected chi connectivity index (χ0v) is 15.5. The monoisotopic (exact) mass is 375 g/mol. The molecular weight excluding hydrogens is 354 g/mol. The predicted octanol–water partition coefficient (Wildman–Crippen LogP) is 0.733. The van der Waals surface area contributed by atoms with Gasteiger partial charge in [0.1, 0.15) is 17.3 Å². The van der Waals surface area contributed by atoms with Crippen LogP contribution in [-0.2, 0) is 16.4 Å². The van der Waals surface area contributed by atoms with Crippen LogP contribution in [0.2, 0.25) is 0 Å². The van der Waals surface area contributed by atoms with Gasteiger partial charge in [-0.1, -0.05) is 0 Å². The molecule has 138 valence electrons. The maximum Gasteiger partial charge on any atom is 0.270 e. The van der Waals surface area contributed by atoms with Crippen LogP contribution in [0.25, 0.3) is 0 Å². The second-order valence-electron chi connectivity index (χ2n) is 6.36. The SMILES string of the molecule is Cc1nc(C(=O)NCc2ccncc2)cc(N(C)C2CCS(=O)(=O)C2)n1. The Labute approximate surface area is 152 Å². The molecule has 2 aromatic heterocycles. The molecule has 1 fully saturated rings. The summed E-state index contributed by atoms with van der Waals surface area (Å²) in [4.78, 5) is 26.8. The summed E-state index contributed by atoms with van der Waals surface area (Å²) in [6.07, 6.45) is 3.89. The van der Waals surface area contributed by atoms with Crippen molar-refractivity contribution in [1.29, 1.82) is 0 Å². The van der Waals surface area contributed by atoms with Gasteiger partial charge in [-0.2, -0.15) is 0 Å². The standard InChI is InChI=1S/C17H21N5O3S/c1-12-20-15(17(23)19-10-13-3-6-18-7-4-13)9-16(21-12)22(2)14-5-8-26(24,25)11-14/h3-4,6-7,9,14H,5,8,10-11H2,1-2H3,(H,19,23). The number of rotatable bonds is 5. The topological polar surface area (TPSA) is 105 Å². The molecular formula is C17H21N5O3S. The molecule has 0 spiro atoms. The summed E-state index contributed by atoms with van der Waals surface area (Å²) < 4.78 is 23.4. The van der Waals surface area contributed by atoms with Gasteiger partial charge in [-0.05, 0) is 31.0 Å². The van der Waals surface area contributed by atoms with Crippen LogP contribution in [0, 0.1) is 6.92 Å². The lowest BCUT2D eigenvalue weighted by atomic mass is 10.2. The van der Waals surface area contributed by atoms with Gasteiger partial charge in [0.2, 0.25) is 0 Å². The Hall–Kier alpha value is -2.55. The molecule has 0 aliphatic carbocycles. The Kier molecular flexibility index (Phi) is 5.17. The van der Waals surface area contributed by atoms with Crippen molar-refractivity contribution in [3.05, 3.63) is 47.7 Å². The number of sulfone groups is 1. The van der Waals surface area contributed by atoms with Crippen molar-refractivity contribution in [3.63, 3.8) is 0 Å². The first-order chi connectivity index (χ1) is 12.3. The van der Waals surface area contributed by atoms with Crippen LogP contribution in [0.5, 0.6) is 0 Å². The van der Waals surface area contributed by atoms with E-state index in [9.17, 15) is 13.2 Å². The minimum Gasteiger partial charge on any atom is -0.356 e. The van der Waals surface area contributed by atoms with Crippen molar-refractivity contribution in [2.24, 2.45) is 0 Å². The first-order valence-electron chi connectivity index (χ1n) is 8.30. The third-order valence-electron chi connectivity index (χ3n) is 4.38. The quantitative estimate of drug-likeness (QED) is 0.821. The van der Waals surface area contributed by atoms with Crippen molar-refractivity contribution >= 4 is 21.6 Å². The smallest absolute Gasteiger partial charge is 0.270 e. The highest BCUT2D eigenvalue weighted by Gasteiger charge is 2.31. The number of hydrogen-bond acceptors (Lipinski definition) is 7. The molecule has 1 aliphatic heterocycles. The first kappa shape index (κ1) is 18.2. The zero-order chi connectivity index (χ0) is 18.7. The zero-order valence-electron chi connectivity index (χ0n) is 14.7. The van der Waals surface area contributed by atoms with Crippen molar-refractivity contribution < 1.29 is 13.2 Å². The highest BCUT2D eigenvalue weighted by Crippen LogP contribution is 2.22. The number of hydrogen-bond donors (Lipinski definition) is 1. The van der Waals surface area contributed by atoms with Gasteiger partial charge in [0, 0.05) is 38.1 Å². The summed E-state index contributed by atoms with van der Waals surface area (Å²) >= 11 is 0. The van der Waals surface area contributed by atoms with Gasteiger partial charge in [-0.3, -0.25) is 9.78 Å². The van der Waals surface area contributed by atoms with Gasteiger partial charge in [-0.25, -0.2) is 18.4 Å². The van der Waals surface area contributed by atoms with Crippen molar-refractivity contribution in [2.75, 3.05) is 23.5 Å². The summed E-state index contributed by atoms with van der Waals surface area (Å²) in [5, 5.41) is 2.82. The predicted molar refractivity (Wildman–Crippen MR) is 97.6 cm³/mol. The Morgan fingerprint density at radius 1 is 1.31 bits per heavy atom. The average molecular weight is 375 g/mol. The Bertz CT molecular complexity index is 902. The van der Waals surface area contributed by atoms with Crippen molar-refractivity contribution in [3.8, 4) is 0 Å². The molecule has 1 atom stereocenters. The van der Waals surface area contributed by atoms with E-state index in [-0.39, 0.29) is 29.1 Å². The third kappa shape index (κ3) is 4.34. The van der Waals surface area contributed by atoms with E-state index >= 15 is 0 Å². The van der Waals surface area contributed by atoms with E-state index in [1.807, 2.05) is 17.0 Å². The third-order valence-corrected chi connectivity index (χ3v) is 6.13. The minimum atomic E-state index is -2.99. The number of carbonyl (C=O) groups excluding carboxylic acids is 1. The fourth-order valence-corrected chi connectivity index (χ4v) is 4.66. The second kappa shape index (κ2) is 7.36. The average Bonchev–Trinajstić information content (AvgIpc) is 2.99. The molecule has 1 amide bonds. The van der Waals surface area contributed by atoms with Crippen LogP contribution in [0.1, 0.15) is 28.3 Å².